The second-order valence-corrected chi connectivity index (χ2v) is 5.78. The number of primary amides is 1. The molecule has 1 fully saturated rings. The third kappa shape index (κ3) is 3.95. The first-order valence-electron chi connectivity index (χ1n) is 7.86. The molecule has 128 valence electrons. The smallest absolute Gasteiger partial charge is 0.319 e. The molecule has 1 saturated heterocycles. The van der Waals surface area contributed by atoms with Gasteiger partial charge in [-0.3, -0.25) is 9.59 Å². The van der Waals surface area contributed by atoms with E-state index in [0.717, 1.165) is 5.69 Å². The van der Waals surface area contributed by atoms with Gasteiger partial charge in [-0.15, -0.1) is 0 Å². The molecule has 0 spiro atoms. The van der Waals surface area contributed by atoms with Gasteiger partial charge in [-0.25, -0.2) is 4.79 Å². The van der Waals surface area contributed by atoms with E-state index in [4.69, 9.17) is 5.73 Å². The summed E-state index contributed by atoms with van der Waals surface area (Å²) >= 11 is 0. The Bertz CT molecular complexity index is 790. The van der Waals surface area contributed by atoms with Crippen LogP contribution in [-0.4, -0.2) is 30.4 Å². The van der Waals surface area contributed by atoms with E-state index < -0.39 is 11.9 Å². The summed E-state index contributed by atoms with van der Waals surface area (Å²) in [5.41, 5.74) is 6.89. The molecule has 0 bridgehead atoms. The van der Waals surface area contributed by atoms with E-state index in [1.807, 2.05) is 30.3 Å². The van der Waals surface area contributed by atoms with Crippen LogP contribution < -0.4 is 21.3 Å². The monoisotopic (exact) mass is 338 g/mol. The molecule has 1 unspecified atom stereocenters. The Kier molecular flexibility index (Phi) is 4.65. The standard InChI is InChI=1S/C18H18N4O3/c19-17(24)12-6-8-13(9-7-12)20-18(25)21-14-10-16(23)22(11-14)15-4-2-1-3-5-15/h1-9,14H,10-11H2,(H2,19,24)(H2,20,21,25). The number of nitrogens with one attached hydrogen (secondary N) is 2. The zero-order chi connectivity index (χ0) is 17.8. The number of carbonyl (C=O) groups is 3. The summed E-state index contributed by atoms with van der Waals surface area (Å²) in [5, 5.41) is 5.46. The molecule has 1 atom stereocenters. The van der Waals surface area contributed by atoms with Crippen molar-refractivity contribution < 1.29 is 14.4 Å². The minimum atomic E-state index is -0.526. The third-order valence-corrected chi connectivity index (χ3v) is 3.96. The lowest BCUT2D eigenvalue weighted by atomic mass is 10.2. The van der Waals surface area contributed by atoms with Gasteiger partial charge in [-0.05, 0) is 36.4 Å². The minimum absolute atomic E-state index is 0.0256. The Morgan fingerprint density at radius 2 is 1.72 bits per heavy atom. The molecule has 0 radical (unpaired) electrons. The molecule has 1 heterocycles. The number of anilines is 2. The first-order chi connectivity index (χ1) is 12.0. The highest BCUT2D eigenvalue weighted by Crippen LogP contribution is 2.21. The van der Waals surface area contributed by atoms with E-state index in [2.05, 4.69) is 10.6 Å². The first-order valence-corrected chi connectivity index (χ1v) is 7.86. The topological polar surface area (TPSA) is 105 Å². The number of hydrogen-bond acceptors (Lipinski definition) is 3. The highest BCUT2D eigenvalue weighted by atomic mass is 16.2. The molecule has 7 heteroatoms. The van der Waals surface area contributed by atoms with Gasteiger partial charge in [-0.1, -0.05) is 18.2 Å². The van der Waals surface area contributed by atoms with Crippen LogP contribution in [0.5, 0.6) is 0 Å². The van der Waals surface area contributed by atoms with Crippen LogP contribution in [0.15, 0.2) is 54.6 Å². The SMILES string of the molecule is NC(=O)c1ccc(NC(=O)NC2CC(=O)N(c3ccccc3)C2)cc1. The van der Waals surface area contributed by atoms with Crippen molar-refractivity contribution in [1.82, 2.24) is 5.32 Å². The second-order valence-electron chi connectivity index (χ2n) is 5.78. The highest BCUT2D eigenvalue weighted by Gasteiger charge is 2.31. The van der Waals surface area contributed by atoms with Crippen molar-refractivity contribution in [2.24, 2.45) is 5.73 Å². The average Bonchev–Trinajstić information content (AvgIpc) is 2.96. The number of nitrogens with zero attached hydrogens (tertiary/aromatic N) is 1. The van der Waals surface area contributed by atoms with E-state index in [-0.39, 0.29) is 18.4 Å². The van der Waals surface area contributed by atoms with Crippen LogP contribution in [0.4, 0.5) is 16.2 Å². The van der Waals surface area contributed by atoms with E-state index >= 15 is 0 Å². The maximum Gasteiger partial charge on any atom is 0.319 e. The molecule has 2 aromatic carbocycles. The van der Waals surface area contributed by atoms with Crippen molar-refractivity contribution >= 4 is 29.2 Å². The average molecular weight is 338 g/mol. The molecular weight excluding hydrogens is 320 g/mol. The van der Waals surface area contributed by atoms with Gasteiger partial charge < -0.3 is 21.3 Å². The molecule has 0 aliphatic carbocycles. The second kappa shape index (κ2) is 7.04. The van der Waals surface area contributed by atoms with Crippen molar-refractivity contribution in [3.8, 4) is 0 Å². The number of carbonyl (C=O) groups excluding carboxylic acids is 3. The van der Waals surface area contributed by atoms with Gasteiger partial charge in [-0.2, -0.15) is 0 Å². The summed E-state index contributed by atoms with van der Waals surface area (Å²) in [5.74, 6) is -0.552. The largest absolute Gasteiger partial charge is 0.366 e. The minimum Gasteiger partial charge on any atom is -0.366 e. The van der Waals surface area contributed by atoms with Crippen LogP contribution in [-0.2, 0) is 4.79 Å². The van der Waals surface area contributed by atoms with Crippen LogP contribution in [0.1, 0.15) is 16.8 Å². The molecule has 7 nitrogen and oxygen atoms in total. The Hall–Kier alpha value is -3.35. The molecule has 4 amide bonds. The van der Waals surface area contributed by atoms with Gasteiger partial charge in [0.05, 0.1) is 6.04 Å². The fraction of sp³-hybridized carbons (Fsp3) is 0.167. The number of nitrogens with two attached hydrogens (primary N) is 1. The third-order valence-electron chi connectivity index (χ3n) is 3.96. The maximum atomic E-state index is 12.1. The summed E-state index contributed by atoms with van der Waals surface area (Å²) in [6.45, 7) is 0.427. The molecule has 1 aliphatic rings. The summed E-state index contributed by atoms with van der Waals surface area (Å²) in [4.78, 5) is 36.9. The molecule has 2 aromatic rings. The summed E-state index contributed by atoms with van der Waals surface area (Å²) < 4.78 is 0. The van der Waals surface area contributed by atoms with Crippen LogP contribution in [0.2, 0.25) is 0 Å². The van der Waals surface area contributed by atoms with E-state index in [1.165, 1.54) is 12.1 Å². The zero-order valence-electron chi connectivity index (χ0n) is 13.4. The lowest BCUT2D eigenvalue weighted by Gasteiger charge is -2.17. The van der Waals surface area contributed by atoms with Crippen molar-refractivity contribution in [2.75, 3.05) is 16.8 Å². The predicted octanol–water partition coefficient (Wildman–Crippen LogP) is 1.71. The number of hydrogen-bond donors (Lipinski definition) is 3. The Morgan fingerprint density at radius 3 is 2.36 bits per heavy atom. The van der Waals surface area contributed by atoms with Crippen molar-refractivity contribution in [1.29, 1.82) is 0 Å². The first kappa shape index (κ1) is 16.5. The number of para-hydroxylation sites is 1. The quantitative estimate of drug-likeness (QED) is 0.790. The van der Waals surface area contributed by atoms with Crippen molar-refractivity contribution in [3.63, 3.8) is 0 Å². The van der Waals surface area contributed by atoms with Crippen LogP contribution in [0, 0.1) is 0 Å². The molecular formula is C18H18N4O3. The lowest BCUT2D eigenvalue weighted by molar-refractivity contribution is -0.117. The Labute approximate surface area is 144 Å². The number of rotatable bonds is 4. The van der Waals surface area contributed by atoms with Crippen LogP contribution in [0.3, 0.4) is 0 Å². The van der Waals surface area contributed by atoms with Gasteiger partial charge in [0.25, 0.3) is 0 Å². The summed E-state index contributed by atoms with van der Waals surface area (Å²) in [7, 11) is 0. The highest BCUT2D eigenvalue weighted by molar-refractivity contribution is 5.98. The Morgan fingerprint density at radius 1 is 1.04 bits per heavy atom. The zero-order valence-corrected chi connectivity index (χ0v) is 13.4. The van der Waals surface area contributed by atoms with Gasteiger partial charge >= 0.3 is 6.03 Å². The lowest BCUT2D eigenvalue weighted by Crippen LogP contribution is -2.39. The fourth-order valence-corrected chi connectivity index (χ4v) is 2.73. The molecule has 4 N–H and O–H groups in total. The van der Waals surface area contributed by atoms with E-state index in [1.54, 1.807) is 17.0 Å². The van der Waals surface area contributed by atoms with Gasteiger partial charge in [0.1, 0.15) is 0 Å². The molecule has 25 heavy (non-hydrogen) atoms. The van der Waals surface area contributed by atoms with E-state index in [0.29, 0.717) is 17.8 Å². The van der Waals surface area contributed by atoms with Gasteiger partial charge in [0, 0.05) is 29.9 Å². The Balaban J connectivity index is 1.56. The summed E-state index contributed by atoms with van der Waals surface area (Å²) in [6.07, 6.45) is 0.253. The van der Waals surface area contributed by atoms with Crippen LogP contribution in [0.25, 0.3) is 0 Å². The fourth-order valence-electron chi connectivity index (χ4n) is 2.73. The molecule has 0 aromatic heterocycles. The van der Waals surface area contributed by atoms with Crippen LogP contribution >= 0.6 is 0 Å². The summed E-state index contributed by atoms with van der Waals surface area (Å²) in [6, 6.07) is 14.9. The normalized spacial score (nSPS) is 16.6. The molecule has 0 saturated carbocycles. The number of amides is 4. The van der Waals surface area contributed by atoms with Crippen molar-refractivity contribution in [3.05, 3.63) is 60.2 Å². The number of urea groups is 1. The predicted molar refractivity (Wildman–Crippen MR) is 94.3 cm³/mol. The maximum absolute atomic E-state index is 12.1. The number of benzene rings is 2. The molecule has 3 rings (SSSR count). The van der Waals surface area contributed by atoms with Crippen molar-refractivity contribution in [2.45, 2.75) is 12.5 Å². The van der Waals surface area contributed by atoms with Gasteiger partial charge in [0.15, 0.2) is 0 Å². The molecule has 1 aliphatic heterocycles. The van der Waals surface area contributed by atoms with Gasteiger partial charge in [0.2, 0.25) is 11.8 Å². The van der Waals surface area contributed by atoms with E-state index in [9.17, 15) is 14.4 Å².